The van der Waals surface area contributed by atoms with Crippen LogP contribution in [0.1, 0.15) is 0 Å². The molecule has 1 aliphatic heterocycles. The van der Waals surface area contributed by atoms with Gasteiger partial charge in [0.2, 0.25) is 0 Å². The number of hydrogen-bond acceptors (Lipinski definition) is 5. The monoisotopic (exact) mass is 229 g/mol. The van der Waals surface area contributed by atoms with Crippen LogP contribution in [-0.2, 0) is 0 Å². The molecule has 0 aromatic heterocycles. The number of benzene rings is 2. The van der Waals surface area contributed by atoms with Crippen LogP contribution in [0.25, 0.3) is 0 Å². The number of fused-ring (bicyclic) bond motifs is 2. The number of hydrogen-bond donors (Lipinski definition) is 3. The second-order valence-electron chi connectivity index (χ2n) is 3.87. The number of anilines is 4. The Morgan fingerprint density at radius 2 is 1.35 bits per heavy atom. The third-order valence-corrected chi connectivity index (χ3v) is 2.64. The highest BCUT2D eigenvalue weighted by Gasteiger charge is 2.23. The maximum absolute atomic E-state index is 10.1. The van der Waals surface area contributed by atoms with Gasteiger partial charge >= 0.3 is 0 Å². The van der Waals surface area contributed by atoms with Crippen molar-refractivity contribution in [3.05, 3.63) is 36.4 Å². The highest BCUT2D eigenvalue weighted by atomic mass is 16.5. The smallest absolute Gasteiger partial charge is 0.155 e. The first-order valence-corrected chi connectivity index (χ1v) is 5.11. The molecular weight excluding hydrogens is 218 g/mol. The van der Waals surface area contributed by atoms with E-state index in [1.54, 1.807) is 36.4 Å². The molecule has 17 heavy (non-hydrogen) atoms. The molecule has 0 fully saturated rings. The van der Waals surface area contributed by atoms with Gasteiger partial charge in [0, 0.05) is 23.5 Å². The average Bonchev–Trinajstić information content (AvgIpc) is 2.28. The fraction of sp³-hybridized carbons (Fsp3) is 0. The first kappa shape index (κ1) is 9.80. The second-order valence-corrected chi connectivity index (χ2v) is 3.87. The molecule has 1 aliphatic rings. The zero-order chi connectivity index (χ0) is 12.0. The van der Waals surface area contributed by atoms with E-state index in [0.717, 1.165) is 5.06 Å². The third kappa shape index (κ3) is 1.44. The van der Waals surface area contributed by atoms with Gasteiger partial charge in [-0.15, -0.1) is 0 Å². The largest absolute Gasteiger partial charge is 0.453 e. The van der Waals surface area contributed by atoms with Gasteiger partial charge in [-0.25, -0.2) is 5.06 Å². The highest BCUT2D eigenvalue weighted by Crippen LogP contribution is 2.46. The fourth-order valence-electron chi connectivity index (χ4n) is 1.82. The van der Waals surface area contributed by atoms with Gasteiger partial charge in [-0.1, -0.05) is 0 Å². The Kier molecular flexibility index (Phi) is 1.90. The second kappa shape index (κ2) is 3.29. The van der Waals surface area contributed by atoms with Crippen LogP contribution in [0, 0.1) is 0 Å². The van der Waals surface area contributed by atoms with Gasteiger partial charge in [0.25, 0.3) is 0 Å². The number of nitrogens with zero attached hydrogens (tertiary/aromatic N) is 1. The molecule has 3 rings (SSSR count). The van der Waals surface area contributed by atoms with Crippen molar-refractivity contribution < 1.29 is 9.94 Å². The molecule has 5 N–H and O–H groups in total. The fourth-order valence-corrected chi connectivity index (χ4v) is 1.82. The number of nitrogen functional groups attached to an aromatic ring is 2. The van der Waals surface area contributed by atoms with Crippen molar-refractivity contribution in [1.82, 2.24) is 0 Å². The van der Waals surface area contributed by atoms with Crippen LogP contribution in [0.15, 0.2) is 36.4 Å². The molecular formula is C12H11N3O2. The standard InChI is InChI=1S/C12H11N3O2/c13-7-1-3-9-11(5-7)17-12-6-8(14)2-4-10(12)15(9)16/h1-6,16H,13-14H2. The summed E-state index contributed by atoms with van der Waals surface area (Å²) < 4.78 is 5.65. The van der Waals surface area contributed by atoms with Crippen molar-refractivity contribution in [1.29, 1.82) is 0 Å². The SMILES string of the molecule is Nc1ccc2c(c1)Oc1cc(N)ccc1N2O. The normalized spacial score (nSPS) is 12.6. The van der Waals surface area contributed by atoms with Crippen molar-refractivity contribution in [2.24, 2.45) is 0 Å². The molecule has 2 aromatic rings. The van der Waals surface area contributed by atoms with E-state index >= 15 is 0 Å². The lowest BCUT2D eigenvalue weighted by molar-refractivity contribution is 0.285. The summed E-state index contributed by atoms with van der Waals surface area (Å²) in [5, 5.41) is 11.1. The van der Waals surface area contributed by atoms with Crippen molar-refractivity contribution >= 4 is 22.7 Å². The minimum Gasteiger partial charge on any atom is -0.453 e. The molecule has 5 heteroatoms. The maximum Gasteiger partial charge on any atom is 0.155 e. The van der Waals surface area contributed by atoms with Gasteiger partial charge in [0.15, 0.2) is 11.5 Å². The van der Waals surface area contributed by atoms with Crippen molar-refractivity contribution in [2.75, 3.05) is 16.5 Å². The molecule has 2 aromatic carbocycles. The molecule has 0 radical (unpaired) electrons. The van der Waals surface area contributed by atoms with Crippen LogP contribution in [0.4, 0.5) is 22.7 Å². The zero-order valence-electron chi connectivity index (χ0n) is 8.92. The van der Waals surface area contributed by atoms with Gasteiger partial charge in [0.05, 0.1) is 0 Å². The third-order valence-electron chi connectivity index (χ3n) is 2.64. The summed E-state index contributed by atoms with van der Waals surface area (Å²) in [6.07, 6.45) is 0. The van der Waals surface area contributed by atoms with E-state index < -0.39 is 0 Å². The lowest BCUT2D eigenvalue weighted by Gasteiger charge is -2.27. The zero-order valence-corrected chi connectivity index (χ0v) is 8.92. The first-order valence-electron chi connectivity index (χ1n) is 5.11. The summed E-state index contributed by atoms with van der Waals surface area (Å²) in [5.41, 5.74) is 13.6. The van der Waals surface area contributed by atoms with Crippen LogP contribution in [0.2, 0.25) is 0 Å². The summed E-state index contributed by atoms with van der Waals surface area (Å²) in [7, 11) is 0. The van der Waals surface area contributed by atoms with Gasteiger partial charge in [-0.2, -0.15) is 0 Å². The first-order chi connectivity index (χ1) is 8.15. The lowest BCUT2D eigenvalue weighted by Crippen LogP contribution is -2.16. The molecule has 86 valence electrons. The Morgan fingerprint density at radius 1 is 0.882 bits per heavy atom. The average molecular weight is 229 g/mol. The van der Waals surface area contributed by atoms with E-state index in [2.05, 4.69) is 0 Å². The van der Waals surface area contributed by atoms with Crippen LogP contribution in [0.5, 0.6) is 11.5 Å². The Hall–Kier alpha value is -2.40. The van der Waals surface area contributed by atoms with Crippen molar-refractivity contribution in [3.63, 3.8) is 0 Å². The molecule has 0 amide bonds. The molecule has 0 saturated carbocycles. The van der Waals surface area contributed by atoms with Gasteiger partial charge in [-0.05, 0) is 24.3 Å². The summed E-state index contributed by atoms with van der Waals surface area (Å²) in [4.78, 5) is 0. The van der Waals surface area contributed by atoms with E-state index in [-0.39, 0.29) is 0 Å². The van der Waals surface area contributed by atoms with E-state index in [0.29, 0.717) is 34.2 Å². The van der Waals surface area contributed by atoms with Gasteiger partial charge in [0.1, 0.15) is 11.4 Å². The topological polar surface area (TPSA) is 84.7 Å². The molecule has 0 atom stereocenters. The highest BCUT2D eigenvalue weighted by molar-refractivity contribution is 5.78. The molecule has 0 aliphatic carbocycles. The number of rotatable bonds is 0. The maximum atomic E-state index is 10.1. The van der Waals surface area contributed by atoms with Crippen LogP contribution >= 0.6 is 0 Å². The molecule has 0 saturated heterocycles. The summed E-state index contributed by atoms with van der Waals surface area (Å²) in [5.74, 6) is 1.01. The molecule has 1 heterocycles. The Morgan fingerprint density at radius 3 is 1.82 bits per heavy atom. The summed E-state index contributed by atoms with van der Waals surface area (Å²) in [6.45, 7) is 0. The summed E-state index contributed by atoms with van der Waals surface area (Å²) in [6, 6.07) is 10.1. The molecule has 0 spiro atoms. The predicted octanol–water partition coefficient (Wildman–Crippen LogP) is 2.48. The Balaban J connectivity index is 2.17. The molecule has 0 unspecified atom stereocenters. The van der Waals surface area contributed by atoms with Crippen molar-refractivity contribution in [2.45, 2.75) is 0 Å². The minimum absolute atomic E-state index is 0.505. The Labute approximate surface area is 97.8 Å². The molecule has 0 bridgehead atoms. The number of nitrogens with two attached hydrogens (primary N) is 2. The quantitative estimate of drug-likeness (QED) is 0.604. The van der Waals surface area contributed by atoms with Crippen molar-refractivity contribution in [3.8, 4) is 11.5 Å². The van der Waals surface area contributed by atoms with Crippen LogP contribution in [-0.4, -0.2) is 5.21 Å². The van der Waals surface area contributed by atoms with Crippen LogP contribution < -0.4 is 21.3 Å². The summed E-state index contributed by atoms with van der Waals surface area (Å²) >= 11 is 0. The van der Waals surface area contributed by atoms with Gasteiger partial charge in [-0.3, -0.25) is 5.21 Å². The van der Waals surface area contributed by atoms with E-state index in [1.807, 2.05) is 0 Å². The van der Waals surface area contributed by atoms with E-state index in [4.69, 9.17) is 16.2 Å². The van der Waals surface area contributed by atoms with Gasteiger partial charge < -0.3 is 16.2 Å². The lowest BCUT2D eigenvalue weighted by atomic mass is 10.2. The van der Waals surface area contributed by atoms with Crippen LogP contribution in [0.3, 0.4) is 0 Å². The predicted molar refractivity (Wildman–Crippen MR) is 65.7 cm³/mol. The van der Waals surface area contributed by atoms with E-state index in [1.165, 1.54) is 0 Å². The van der Waals surface area contributed by atoms with E-state index in [9.17, 15) is 5.21 Å². The Bertz CT molecular complexity index is 547. The molecule has 5 nitrogen and oxygen atoms in total. The number of ether oxygens (including phenoxy) is 1. The minimum atomic E-state index is 0.505.